The molecule has 1 heterocycles. The van der Waals surface area contributed by atoms with Gasteiger partial charge in [-0.15, -0.1) is 0 Å². The number of halogens is 2. The van der Waals surface area contributed by atoms with Crippen LogP contribution in [0.3, 0.4) is 0 Å². The zero-order valence-electron chi connectivity index (χ0n) is 22.4. The average molecular weight is 548 g/mol. The molecular formula is C29H35F2NO7. The van der Waals surface area contributed by atoms with E-state index < -0.39 is 60.1 Å². The molecule has 0 aliphatic carbocycles. The maximum atomic E-state index is 13.8. The highest BCUT2D eigenvalue weighted by molar-refractivity contribution is 5.99. The Labute approximate surface area is 226 Å². The molecule has 3 rings (SSSR count). The summed E-state index contributed by atoms with van der Waals surface area (Å²) in [7, 11) is 1.17. The Kier molecular flexibility index (Phi) is 9.95. The van der Waals surface area contributed by atoms with Crippen molar-refractivity contribution in [1.29, 1.82) is 0 Å². The number of anilines is 1. The first-order chi connectivity index (χ1) is 18.3. The van der Waals surface area contributed by atoms with Crippen LogP contribution in [0.15, 0.2) is 54.6 Å². The summed E-state index contributed by atoms with van der Waals surface area (Å²) in [4.78, 5) is 28.1. The van der Waals surface area contributed by atoms with Crippen LogP contribution in [-0.4, -0.2) is 65.1 Å². The van der Waals surface area contributed by atoms with E-state index in [1.54, 1.807) is 30.3 Å². The first-order valence-electron chi connectivity index (χ1n) is 12.6. The minimum atomic E-state index is -1.78. The fourth-order valence-corrected chi connectivity index (χ4v) is 4.30. The molecule has 3 N–H and O–H groups in total. The first kappa shape index (κ1) is 30.4. The number of para-hydroxylation sites is 2. The summed E-state index contributed by atoms with van der Waals surface area (Å²) in [6.45, 7) is 5.30. The number of rotatable bonds is 10. The highest BCUT2D eigenvalue weighted by atomic mass is 19.1. The summed E-state index contributed by atoms with van der Waals surface area (Å²) < 4.78 is 38.7. The van der Waals surface area contributed by atoms with Crippen LogP contribution in [0, 0.1) is 23.0 Å². The number of ether oxygens (including phenoxy) is 2. The van der Waals surface area contributed by atoms with Gasteiger partial charge in [0.25, 0.3) is 0 Å². The minimum Gasteiger partial charge on any atom is -0.491 e. The Hall–Kier alpha value is -3.18. The number of fused-ring (bicyclic) bond motifs is 1. The van der Waals surface area contributed by atoms with Crippen molar-refractivity contribution in [3.63, 3.8) is 0 Å². The van der Waals surface area contributed by atoms with Gasteiger partial charge < -0.3 is 29.7 Å². The second kappa shape index (κ2) is 12.8. The highest BCUT2D eigenvalue weighted by Gasteiger charge is 2.39. The molecule has 0 bridgehead atoms. The fraction of sp³-hybridized carbons (Fsp3) is 0.448. The van der Waals surface area contributed by atoms with Crippen molar-refractivity contribution in [2.24, 2.45) is 11.3 Å². The van der Waals surface area contributed by atoms with E-state index in [1.807, 2.05) is 20.8 Å². The predicted octanol–water partition coefficient (Wildman–Crippen LogP) is 3.17. The zero-order valence-corrected chi connectivity index (χ0v) is 22.4. The van der Waals surface area contributed by atoms with Gasteiger partial charge in [0.15, 0.2) is 5.78 Å². The number of amides is 1. The lowest BCUT2D eigenvalue weighted by molar-refractivity contribution is -0.149. The van der Waals surface area contributed by atoms with Gasteiger partial charge in [0.2, 0.25) is 5.91 Å². The molecule has 0 radical (unpaired) electrons. The van der Waals surface area contributed by atoms with Crippen LogP contribution >= 0.6 is 0 Å². The fourth-order valence-electron chi connectivity index (χ4n) is 4.30. The van der Waals surface area contributed by atoms with Gasteiger partial charge in [-0.1, -0.05) is 45.1 Å². The highest BCUT2D eigenvalue weighted by Crippen LogP contribution is 2.34. The number of benzene rings is 2. The maximum absolute atomic E-state index is 13.8. The van der Waals surface area contributed by atoms with Crippen molar-refractivity contribution < 1.29 is 43.2 Å². The number of ketones is 1. The Bertz CT molecular complexity index is 1180. The number of Topliss-reactive ketones (excluding diaryl/α,β-unsaturated/α-hetero) is 1. The molecule has 1 amide bonds. The molecule has 0 fully saturated rings. The summed E-state index contributed by atoms with van der Waals surface area (Å²) in [5.74, 6) is -3.49. The molecule has 1 unspecified atom stereocenters. The van der Waals surface area contributed by atoms with Gasteiger partial charge in [0, 0.05) is 19.6 Å². The van der Waals surface area contributed by atoms with Gasteiger partial charge in [0.1, 0.15) is 48.4 Å². The van der Waals surface area contributed by atoms with Gasteiger partial charge >= 0.3 is 0 Å². The monoisotopic (exact) mass is 547 g/mol. The predicted molar refractivity (Wildman–Crippen MR) is 140 cm³/mol. The quantitative estimate of drug-likeness (QED) is 0.391. The van der Waals surface area contributed by atoms with E-state index in [4.69, 9.17) is 9.47 Å². The number of methoxy groups -OCH3 is 1. The number of carbonyl (C=O) groups excluding carboxylic acids is 2. The molecule has 2 aromatic rings. The SMILES string of the molecule is CO[C@@H](C(=O)CC1COc2ccccc2N(Cc2cc(F)cc(F)c2)C1=O)[C@H](O)[C@@H](O)[C@H](O)/C=C/C(C)(C)C. The zero-order chi connectivity index (χ0) is 28.9. The first-order valence-corrected chi connectivity index (χ1v) is 12.6. The van der Waals surface area contributed by atoms with Crippen LogP contribution < -0.4 is 9.64 Å². The van der Waals surface area contributed by atoms with Crippen molar-refractivity contribution in [2.75, 3.05) is 18.6 Å². The lowest BCUT2D eigenvalue weighted by Gasteiger charge is -2.28. The van der Waals surface area contributed by atoms with Gasteiger partial charge in [0.05, 0.1) is 18.2 Å². The van der Waals surface area contributed by atoms with E-state index in [0.29, 0.717) is 11.4 Å². The number of nitrogens with zero attached hydrogens (tertiary/aromatic N) is 1. The van der Waals surface area contributed by atoms with E-state index in [9.17, 15) is 33.7 Å². The normalized spacial score (nSPS) is 19.2. The van der Waals surface area contributed by atoms with Crippen molar-refractivity contribution in [3.8, 4) is 5.75 Å². The van der Waals surface area contributed by atoms with Gasteiger partial charge in [-0.2, -0.15) is 0 Å². The Morgan fingerprint density at radius 3 is 2.38 bits per heavy atom. The molecule has 1 aliphatic rings. The van der Waals surface area contributed by atoms with Crippen LogP contribution in [0.25, 0.3) is 0 Å². The topological polar surface area (TPSA) is 117 Å². The summed E-state index contributed by atoms with van der Waals surface area (Å²) in [5.41, 5.74) is 0.283. The van der Waals surface area contributed by atoms with Crippen LogP contribution in [-0.2, 0) is 20.9 Å². The average Bonchev–Trinajstić information content (AvgIpc) is 2.98. The second-order valence-electron chi connectivity index (χ2n) is 10.7. The molecule has 10 heteroatoms. The van der Waals surface area contributed by atoms with Gasteiger partial charge in [-0.05, 0) is 35.2 Å². The van der Waals surface area contributed by atoms with Crippen LogP contribution in [0.1, 0.15) is 32.8 Å². The van der Waals surface area contributed by atoms with Crippen LogP contribution in [0.2, 0.25) is 0 Å². The molecule has 1 aliphatic heterocycles. The molecule has 0 aromatic heterocycles. The minimum absolute atomic E-state index is 0.179. The molecule has 39 heavy (non-hydrogen) atoms. The number of aliphatic hydroxyl groups excluding tert-OH is 3. The largest absolute Gasteiger partial charge is 0.491 e. The molecule has 5 atom stereocenters. The molecule has 0 spiro atoms. The second-order valence-corrected chi connectivity index (χ2v) is 10.7. The molecule has 0 saturated carbocycles. The van der Waals surface area contributed by atoms with Crippen molar-refractivity contribution in [3.05, 3.63) is 71.8 Å². The summed E-state index contributed by atoms with van der Waals surface area (Å²) in [5, 5.41) is 31.4. The van der Waals surface area contributed by atoms with Crippen LogP contribution in [0.4, 0.5) is 14.5 Å². The van der Waals surface area contributed by atoms with Gasteiger partial charge in [-0.25, -0.2) is 8.78 Å². The number of carbonyl (C=O) groups is 2. The van der Waals surface area contributed by atoms with Crippen LogP contribution in [0.5, 0.6) is 5.75 Å². The Morgan fingerprint density at radius 2 is 1.77 bits per heavy atom. The molecule has 212 valence electrons. The maximum Gasteiger partial charge on any atom is 0.234 e. The summed E-state index contributed by atoms with van der Waals surface area (Å²) in [6.07, 6.45) is -3.95. The summed E-state index contributed by atoms with van der Waals surface area (Å²) >= 11 is 0. The van der Waals surface area contributed by atoms with E-state index in [-0.39, 0.29) is 24.1 Å². The number of allylic oxidation sites excluding steroid dienone is 1. The van der Waals surface area contributed by atoms with Gasteiger partial charge in [-0.3, -0.25) is 9.59 Å². The lowest BCUT2D eigenvalue weighted by Crippen LogP contribution is -2.49. The molecule has 0 saturated heterocycles. The standard InChI is InChI=1S/C29H35F2NO7/c1-29(2,3)10-9-22(33)25(35)26(36)27(38-4)23(34)13-18-16-39-24-8-6-5-7-21(24)32(28(18)37)15-17-11-19(30)14-20(31)12-17/h5-12,14,18,22,25-27,33,35-36H,13,15-16H2,1-4H3/b10-9+/t18?,22-,25+,26-,27+/m1/s1. The van der Waals surface area contributed by atoms with Crippen molar-refractivity contribution in [2.45, 2.75) is 58.2 Å². The summed E-state index contributed by atoms with van der Waals surface area (Å²) in [6, 6.07) is 9.60. The number of hydrogen-bond acceptors (Lipinski definition) is 7. The van der Waals surface area contributed by atoms with E-state index in [2.05, 4.69) is 0 Å². The molecule has 8 nitrogen and oxygen atoms in total. The molecule has 2 aromatic carbocycles. The third kappa shape index (κ3) is 7.92. The van der Waals surface area contributed by atoms with E-state index >= 15 is 0 Å². The smallest absolute Gasteiger partial charge is 0.234 e. The lowest BCUT2D eigenvalue weighted by atomic mass is 9.91. The van der Waals surface area contributed by atoms with Crippen molar-refractivity contribution in [1.82, 2.24) is 0 Å². The number of aliphatic hydroxyl groups is 3. The Balaban J connectivity index is 1.81. The Morgan fingerprint density at radius 1 is 1.13 bits per heavy atom. The van der Waals surface area contributed by atoms with E-state index in [0.717, 1.165) is 18.2 Å². The third-order valence-electron chi connectivity index (χ3n) is 6.30. The molecular weight excluding hydrogens is 512 g/mol. The van der Waals surface area contributed by atoms with E-state index in [1.165, 1.54) is 18.1 Å². The number of hydrogen-bond donors (Lipinski definition) is 3. The third-order valence-corrected chi connectivity index (χ3v) is 6.30. The van der Waals surface area contributed by atoms with Crippen molar-refractivity contribution >= 4 is 17.4 Å².